The van der Waals surface area contributed by atoms with Crippen LogP contribution in [0.3, 0.4) is 0 Å². The zero-order valence-electron chi connectivity index (χ0n) is 12.7. The van der Waals surface area contributed by atoms with Crippen molar-refractivity contribution in [3.05, 3.63) is 42.5 Å². The third-order valence-electron chi connectivity index (χ3n) is 2.97. The highest BCUT2D eigenvalue weighted by molar-refractivity contribution is 7.80. The molecule has 116 valence electrons. The van der Waals surface area contributed by atoms with Crippen LogP contribution in [0.15, 0.2) is 42.5 Å². The Balaban J connectivity index is 2.05. The lowest BCUT2D eigenvalue weighted by Crippen LogP contribution is -2.19. The van der Waals surface area contributed by atoms with E-state index in [0.717, 1.165) is 17.1 Å². The molecule has 2 rings (SSSR count). The molecule has 2 aromatic carbocycles. The monoisotopic (exact) mass is 318 g/mol. The zero-order valence-corrected chi connectivity index (χ0v) is 13.5. The Kier molecular flexibility index (Phi) is 5.43. The predicted molar refractivity (Wildman–Crippen MR) is 92.4 cm³/mol. The fourth-order valence-electron chi connectivity index (χ4n) is 1.91. The highest BCUT2D eigenvalue weighted by Crippen LogP contribution is 2.29. The van der Waals surface area contributed by atoms with Crippen molar-refractivity contribution in [2.24, 2.45) is 0 Å². The SMILES string of the molecule is COc1cccc(NC(=S)Nc2ccc(OC)c(OC)c2)c1. The summed E-state index contributed by atoms with van der Waals surface area (Å²) < 4.78 is 15.6. The van der Waals surface area contributed by atoms with Crippen LogP contribution in [0.25, 0.3) is 0 Å². The second-order valence-corrected chi connectivity index (χ2v) is 4.79. The number of hydrogen-bond acceptors (Lipinski definition) is 4. The average molecular weight is 318 g/mol. The van der Waals surface area contributed by atoms with E-state index in [-0.39, 0.29) is 0 Å². The van der Waals surface area contributed by atoms with Crippen LogP contribution in [0, 0.1) is 0 Å². The van der Waals surface area contributed by atoms with Crippen molar-refractivity contribution in [1.82, 2.24) is 0 Å². The van der Waals surface area contributed by atoms with E-state index < -0.39 is 0 Å². The zero-order chi connectivity index (χ0) is 15.9. The summed E-state index contributed by atoms with van der Waals surface area (Å²) in [7, 11) is 4.81. The molecule has 0 aliphatic heterocycles. The van der Waals surface area contributed by atoms with Crippen LogP contribution in [-0.4, -0.2) is 26.4 Å². The van der Waals surface area contributed by atoms with Crippen molar-refractivity contribution in [3.8, 4) is 17.2 Å². The van der Waals surface area contributed by atoms with Gasteiger partial charge in [-0.15, -0.1) is 0 Å². The number of thiocarbonyl (C=S) groups is 1. The Labute approximate surface area is 135 Å². The summed E-state index contributed by atoms with van der Waals surface area (Å²) in [6.45, 7) is 0. The summed E-state index contributed by atoms with van der Waals surface area (Å²) >= 11 is 5.30. The van der Waals surface area contributed by atoms with Crippen LogP contribution < -0.4 is 24.8 Å². The standard InChI is InChI=1S/C16H18N2O3S/c1-19-13-6-4-5-11(9-13)17-16(22)18-12-7-8-14(20-2)15(10-12)21-3/h4-10H,1-3H3,(H2,17,18,22). The molecule has 22 heavy (non-hydrogen) atoms. The van der Waals surface area contributed by atoms with Gasteiger partial charge in [-0.2, -0.15) is 0 Å². The average Bonchev–Trinajstić information content (AvgIpc) is 2.54. The molecule has 6 heteroatoms. The van der Waals surface area contributed by atoms with Gasteiger partial charge in [0.15, 0.2) is 16.6 Å². The molecule has 0 spiro atoms. The molecule has 0 fully saturated rings. The van der Waals surface area contributed by atoms with Gasteiger partial charge in [-0.1, -0.05) is 6.07 Å². The van der Waals surface area contributed by atoms with Gasteiger partial charge in [0.05, 0.1) is 21.3 Å². The van der Waals surface area contributed by atoms with Crippen molar-refractivity contribution in [2.45, 2.75) is 0 Å². The van der Waals surface area contributed by atoms with Gasteiger partial charge in [-0.05, 0) is 36.5 Å². The Morgan fingerprint density at radius 1 is 0.818 bits per heavy atom. The van der Waals surface area contributed by atoms with Gasteiger partial charge in [0, 0.05) is 23.5 Å². The molecule has 0 heterocycles. The van der Waals surface area contributed by atoms with Gasteiger partial charge in [0.25, 0.3) is 0 Å². The molecule has 2 aromatic rings. The lowest BCUT2D eigenvalue weighted by molar-refractivity contribution is 0.355. The molecule has 0 aromatic heterocycles. The molecular weight excluding hydrogens is 300 g/mol. The van der Waals surface area contributed by atoms with Crippen molar-refractivity contribution in [1.29, 1.82) is 0 Å². The maximum absolute atomic E-state index is 5.30. The number of methoxy groups -OCH3 is 3. The Hall–Kier alpha value is -2.47. The van der Waals surface area contributed by atoms with Crippen LogP contribution >= 0.6 is 12.2 Å². The third kappa shape index (κ3) is 4.02. The van der Waals surface area contributed by atoms with Crippen LogP contribution in [-0.2, 0) is 0 Å². The van der Waals surface area contributed by atoms with E-state index in [1.807, 2.05) is 42.5 Å². The molecule has 0 radical (unpaired) electrons. The van der Waals surface area contributed by atoms with Gasteiger partial charge in [-0.3, -0.25) is 0 Å². The maximum atomic E-state index is 5.30. The predicted octanol–water partition coefficient (Wildman–Crippen LogP) is 3.52. The van der Waals surface area contributed by atoms with E-state index in [2.05, 4.69) is 10.6 Å². The van der Waals surface area contributed by atoms with Crippen molar-refractivity contribution in [3.63, 3.8) is 0 Å². The summed E-state index contributed by atoms with van der Waals surface area (Å²) in [6.07, 6.45) is 0. The number of ether oxygens (including phenoxy) is 3. The molecule has 0 aliphatic carbocycles. The quantitative estimate of drug-likeness (QED) is 0.823. The van der Waals surface area contributed by atoms with Crippen molar-refractivity contribution < 1.29 is 14.2 Å². The summed E-state index contributed by atoms with van der Waals surface area (Å²) in [5.74, 6) is 2.07. The first-order valence-corrected chi connectivity index (χ1v) is 7.01. The first-order valence-electron chi connectivity index (χ1n) is 6.60. The molecule has 0 amide bonds. The largest absolute Gasteiger partial charge is 0.497 e. The minimum absolute atomic E-state index is 0.473. The minimum atomic E-state index is 0.473. The highest BCUT2D eigenvalue weighted by atomic mass is 32.1. The number of benzene rings is 2. The molecule has 5 nitrogen and oxygen atoms in total. The number of anilines is 2. The van der Waals surface area contributed by atoms with Gasteiger partial charge in [-0.25, -0.2) is 0 Å². The Morgan fingerprint density at radius 2 is 1.50 bits per heavy atom. The van der Waals surface area contributed by atoms with Crippen LogP contribution in [0.2, 0.25) is 0 Å². The van der Waals surface area contributed by atoms with E-state index >= 15 is 0 Å². The minimum Gasteiger partial charge on any atom is -0.497 e. The summed E-state index contributed by atoms with van der Waals surface area (Å²) in [5, 5.41) is 6.67. The maximum Gasteiger partial charge on any atom is 0.175 e. The number of nitrogens with one attached hydrogen (secondary N) is 2. The molecule has 0 saturated carbocycles. The normalized spacial score (nSPS) is 9.77. The number of hydrogen-bond donors (Lipinski definition) is 2. The van der Waals surface area contributed by atoms with Crippen molar-refractivity contribution in [2.75, 3.05) is 32.0 Å². The molecule has 0 bridgehead atoms. The molecule has 0 aliphatic rings. The smallest absolute Gasteiger partial charge is 0.175 e. The summed E-state index contributed by atoms with van der Waals surface area (Å²) in [5.41, 5.74) is 1.65. The highest BCUT2D eigenvalue weighted by Gasteiger charge is 2.06. The van der Waals surface area contributed by atoms with Crippen molar-refractivity contribution >= 4 is 28.7 Å². The van der Waals surface area contributed by atoms with Gasteiger partial charge in [0.1, 0.15) is 5.75 Å². The lowest BCUT2D eigenvalue weighted by atomic mass is 10.2. The summed E-state index contributed by atoms with van der Waals surface area (Å²) in [6, 6.07) is 13.0. The number of rotatable bonds is 5. The lowest BCUT2D eigenvalue weighted by Gasteiger charge is -2.13. The first-order chi connectivity index (χ1) is 10.7. The molecule has 0 atom stereocenters. The van der Waals surface area contributed by atoms with E-state index in [1.54, 1.807) is 21.3 Å². The molecule has 0 saturated heterocycles. The Bertz CT molecular complexity index is 662. The first kappa shape index (κ1) is 15.9. The fourth-order valence-corrected chi connectivity index (χ4v) is 2.14. The van der Waals surface area contributed by atoms with Gasteiger partial charge < -0.3 is 24.8 Å². The van der Waals surface area contributed by atoms with Gasteiger partial charge >= 0.3 is 0 Å². The topological polar surface area (TPSA) is 51.8 Å². The van der Waals surface area contributed by atoms with Crippen LogP contribution in [0.4, 0.5) is 11.4 Å². The van der Waals surface area contributed by atoms with E-state index in [9.17, 15) is 0 Å². The Morgan fingerprint density at radius 3 is 2.14 bits per heavy atom. The third-order valence-corrected chi connectivity index (χ3v) is 3.17. The van der Waals surface area contributed by atoms with E-state index in [4.69, 9.17) is 26.4 Å². The van der Waals surface area contributed by atoms with E-state index in [1.165, 1.54) is 0 Å². The van der Waals surface area contributed by atoms with Gasteiger partial charge in [0.2, 0.25) is 0 Å². The van der Waals surface area contributed by atoms with Crippen LogP contribution in [0.5, 0.6) is 17.2 Å². The second kappa shape index (κ2) is 7.51. The molecule has 2 N–H and O–H groups in total. The molecular formula is C16H18N2O3S. The second-order valence-electron chi connectivity index (χ2n) is 4.38. The molecule has 0 unspecified atom stereocenters. The fraction of sp³-hybridized carbons (Fsp3) is 0.188. The van der Waals surface area contributed by atoms with Crippen LogP contribution in [0.1, 0.15) is 0 Å². The van der Waals surface area contributed by atoms with E-state index in [0.29, 0.717) is 16.6 Å². The summed E-state index contributed by atoms with van der Waals surface area (Å²) in [4.78, 5) is 0.